The van der Waals surface area contributed by atoms with Gasteiger partial charge in [-0.2, -0.15) is 11.8 Å². The predicted octanol–water partition coefficient (Wildman–Crippen LogP) is 3.23. The summed E-state index contributed by atoms with van der Waals surface area (Å²) in [4.78, 5) is 4.26. The highest BCUT2D eigenvalue weighted by atomic mass is 35.5. The molecule has 0 atom stereocenters. The van der Waals surface area contributed by atoms with Crippen LogP contribution in [0, 0.1) is 5.92 Å². The molecule has 1 aliphatic heterocycles. The summed E-state index contributed by atoms with van der Waals surface area (Å²) < 4.78 is 0. The second kappa shape index (κ2) is 6.70. The number of nitrogens with zero attached hydrogens (tertiary/aromatic N) is 1. The summed E-state index contributed by atoms with van der Waals surface area (Å²) >= 11 is 14.0. The smallest absolute Gasteiger partial charge is 0.161 e. The zero-order valence-corrected chi connectivity index (χ0v) is 12.2. The molecule has 0 bridgehead atoms. The van der Waals surface area contributed by atoms with E-state index in [4.69, 9.17) is 29.0 Å². The van der Waals surface area contributed by atoms with Crippen molar-refractivity contribution in [3.05, 3.63) is 16.1 Å². The van der Waals surface area contributed by atoms with E-state index in [0.717, 1.165) is 6.54 Å². The average molecular weight is 307 g/mol. The summed E-state index contributed by atoms with van der Waals surface area (Å²) in [6, 6.07) is 1.64. The second-order valence-electron chi connectivity index (χ2n) is 4.23. The number of aromatic nitrogens is 1. The van der Waals surface area contributed by atoms with Gasteiger partial charge in [-0.1, -0.05) is 23.2 Å². The fourth-order valence-corrected chi connectivity index (χ4v) is 3.57. The molecular weight excluding hydrogens is 291 g/mol. The molecule has 7 heteroatoms. The van der Waals surface area contributed by atoms with Gasteiger partial charge in [-0.05, 0) is 36.3 Å². The number of nitrogen functional groups attached to an aromatic ring is 1. The Labute approximate surface area is 121 Å². The largest absolute Gasteiger partial charge is 0.368 e. The molecule has 1 aliphatic rings. The van der Waals surface area contributed by atoms with Crippen molar-refractivity contribution in [3.63, 3.8) is 0 Å². The molecule has 100 valence electrons. The molecule has 0 aromatic carbocycles. The highest BCUT2D eigenvalue weighted by Gasteiger charge is 2.15. The fraction of sp³-hybridized carbons (Fsp3) is 0.545. The van der Waals surface area contributed by atoms with Crippen LogP contribution in [0.2, 0.25) is 10.0 Å². The van der Waals surface area contributed by atoms with E-state index in [-0.39, 0.29) is 0 Å². The van der Waals surface area contributed by atoms with Gasteiger partial charge in [0.1, 0.15) is 5.82 Å². The minimum atomic E-state index is 0.419. The van der Waals surface area contributed by atoms with E-state index in [2.05, 4.69) is 15.7 Å². The molecule has 1 fully saturated rings. The number of nitrogens with two attached hydrogens (primary N) is 1. The number of nitrogens with one attached hydrogen (secondary N) is 2. The van der Waals surface area contributed by atoms with Gasteiger partial charge < -0.3 is 10.7 Å². The summed E-state index contributed by atoms with van der Waals surface area (Å²) in [6.07, 6.45) is 2.48. The van der Waals surface area contributed by atoms with Gasteiger partial charge in [-0.15, -0.1) is 0 Å². The number of hydrogen-bond donors (Lipinski definition) is 3. The Balaban J connectivity index is 1.99. The van der Waals surface area contributed by atoms with Crippen LogP contribution in [0.1, 0.15) is 12.8 Å². The van der Waals surface area contributed by atoms with E-state index in [1.807, 2.05) is 11.8 Å². The minimum absolute atomic E-state index is 0.419. The van der Waals surface area contributed by atoms with Crippen LogP contribution in [-0.4, -0.2) is 23.0 Å². The lowest BCUT2D eigenvalue weighted by Crippen LogP contribution is -2.20. The van der Waals surface area contributed by atoms with Crippen LogP contribution in [0.15, 0.2) is 6.07 Å². The molecule has 0 amide bonds. The quantitative estimate of drug-likeness (QED) is 0.589. The normalized spacial score (nSPS) is 16.6. The Bertz CT molecular complexity index is 410. The Morgan fingerprint density at radius 1 is 1.28 bits per heavy atom. The number of hydrazine groups is 1. The molecule has 1 aromatic heterocycles. The molecule has 0 radical (unpaired) electrons. The molecule has 0 spiro atoms. The lowest BCUT2D eigenvalue weighted by Gasteiger charge is -2.22. The second-order valence-corrected chi connectivity index (χ2v) is 6.27. The lowest BCUT2D eigenvalue weighted by molar-refractivity contribution is 0.515. The molecule has 2 heterocycles. The highest BCUT2D eigenvalue weighted by molar-refractivity contribution is 7.99. The van der Waals surface area contributed by atoms with Crippen molar-refractivity contribution in [2.75, 3.05) is 28.8 Å². The van der Waals surface area contributed by atoms with Crippen molar-refractivity contribution in [2.45, 2.75) is 12.8 Å². The van der Waals surface area contributed by atoms with Crippen molar-refractivity contribution in [3.8, 4) is 0 Å². The van der Waals surface area contributed by atoms with Crippen molar-refractivity contribution >= 4 is 46.6 Å². The van der Waals surface area contributed by atoms with E-state index in [1.54, 1.807) is 6.07 Å². The minimum Gasteiger partial charge on any atom is -0.368 e. The Morgan fingerprint density at radius 3 is 2.61 bits per heavy atom. The molecule has 18 heavy (non-hydrogen) atoms. The summed E-state index contributed by atoms with van der Waals surface area (Å²) in [5.74, 6) is 9.57. The van der Waals surface area contributed by atoms with Crippen LogP contribution in [0.4, 0.5) is 11.6 Å². The first-order valence-corrected chi connectivity index (χ1v) is 7.76. The van der Waals surface area contributed by atoms with Gasteiger partial charge in [-0.3, -0.25) is 0 Å². The summed E-state index contributed by atoms with van der Waals surface area (Å²) in [6.45, 7) is 0.888. The first-order chi connectivity index (χ1) is 8.70. The van der Waals surface area contributed by atoms with Gasteiger partial charge in [0.2, 0.25) is 0 Å². The Kier molecular flexibility index (Phi) is 5.24. The highest BCUT2D eigenvalue weighted by Crippen LogP contribution is 2.29. The van der Waals surface area contributed by atoms with Gasteiger partial charge in [-0.25, -0.2) is 10.8 Å². The van der Waals surface area contributed by atoms with Crippen LogP contribution in [0.5, 0.6) is 0 Å². The first kappa shape index (κ1) is 14.1. The third-order valence-corrected chi connectivity index (χ3v) is 4.59. The number of anilines is 2. The van der Waals surface area contributed by atoms with E-state index in [9.17, 15) is 0 Å². The third kappa shape index (κ3) is 3.57. The number of rotatable bonds is 4. The van der Waals surface area contributed by atoms with Crippen LogP contribution < -0.4 is 16.6 Å². The zero-order chi connectivity index (χ0) is 13.0. The van der Waals surface area contributed by atoms with Crippen LogP contribution in [0.25, 0.3) is 0 Å². The lowest BCUT2D eigenvalue weighted by atomic mass is 10.0. The van der Waals surface area contributed by atoms with Crippen molar-refractivity contribution in [1.29, 1.82) is 0 Å². The number of pyridine rings is 1. The van der Waals surface area contributed by atoms with Crippen molar-refractivity contribution in [2.24, 2.45) is 11.8 Å². The standard InChI is InChI=1S/C11H16Cl2N4S/c12-8-5-9(13)11(17-14)16-10(8)15-6-7-1-3-18-4-2-7/h5,7H,1-4,6,14H2,(H2,15,16,17). The maximum atomic E-state index is 6.09. The third-order valence-electron chi connectivity index (χ3n) is 2.97. The van der Waals surface area contributed by atoms with Gasteiger partial charge >= 0.3 is 0 Å². The van der Waals surface area contributed by atoms with E-state index in [1.165, 1.54) is 24.3 Å². The monoisotopic (exact) mass is 306 g/mol. The molecule has 1 aromatic rings. The molecular formula is C11H16Cl2N4S. The number of halogens is 2. The summed E-state index contributed by atoms with van der Waals surface area (Å²) in [5, 5.41) is 4.21. The zero-order valence-electron chi connectivity index (χ0n) is 9.88. The SMILES string of the molecule is NNc1nc(NCC2CCSCC2)c(Cl)cc1Cl. The summed E-state index contributed by atoms with van der Waals surface area (Å²) in [5.41, 5.74) is 2.46. The van der Waals surface area contributed by atoms with E-state index < -0.39 is 0 Å². The van der Waals surface area contributed by atoms with Gasteiger partial charge in [0.15, 0.2) is 5.82 Å². The molecule has 1 saturated heterocycles. The average Bonchev–Trinajstić information content (AvgIpc) is 2.39. The van der Waals surface area contributed by atoms with Crippen LogP contribution in [-0.2, 0) is 0 Å². The number of thioether (sulfide) groups is 1. The van der Waals surface area contributed by atoms with Gasteiger partial charge in [0.05, 0.1) is 10.0 Å². The molecule has 0 unspecified atom stereocenters. The molecule has 0 aliphatic carbocycles. The van der Waals surface area contributed by atoms with E-state index in [0.29, 0.717) is 27.6 Å². The van der Waals surface area contributed by atoms with Crippen molar-refractivity contribution in [1.82, 2.24) is 4.98 Å². The molecule has 0 saturated carbocycles. The van der Waals surface area contributed by atoms with Crippen LogP contribution in [0.3, 0.4) is 0 Å². The van der Waals surface area contributed by atoms with Gasteiger partial charge in [0.25, 0.3) is 0 Å². The van der Waals surface area contributed by atoms with Crippen molar-refractivity contribution < 1.29 is 0 Å². The predicted molar refractivity (Wildman–Crippen MR) is 80.6 cm³/mol. The maximum absolute atomic E-state index is 6.09. The molecule has 4 N–H and O–H groups in total. The van der Waals surface area contributed by atoms with E-state index >= 15 is 0 Å². The van der Waals surface area contributed by atoms with Gasteiger partial charge in [0, 0.05) is 6.54 Å². The molecule has 2 rings (SSSR count). The number of hydrogen-bond acceptors (Lipinski definition) is 5. The van der Waals surface area contributed by atoms with Crippen LogP contribution >= 0.6 is 35.0 Å². The first-order valence-electron chi connectivity index (χ1n) is 5.85. The Morgan fingerprint density at radius 2 is 1.94 bits per heavy atom. The topological polar surface area (TPSA) is 63.0 Å². The fourth-order valence-electron chi connectivity index (χ4n) is 1.88. The molecule has 4 nitrogen and oxygen atoms in total. The maximum Gasteiger partial charge on any atom is 0.161 e. The Hall–Kier alpha value is -0.360. The summed E-state index contributed by atoms with van der Waals surface area (Å²) in [7, 11) is 0.